The van der Waals surface area contributed by atoms with Crippen LogP contribution in [0.2, 0.25) is 5.02 Å². The second-order valence-electron chi connectivity index (χ2n) is 3.90. The number of rotatable bonds is 3. The third kappa shape index (κ3) is 2.82. The van der Waals surface area contributed by atoms with Crippen LogP contribution in [0.3, 0.4) is 0 Å². The van der Waals surface area contributed by atoms with E-state index in [0.29, 0.717) is 0 Å². The highest BCUT2D eigenvalue weighted by Crippen LogP contribution is 2.15. The van der Waals surface area contributed by atoms with Crippen molar-refractivity contribution in [3.8, 4) is 0 Å². The van der Waals surface area contributed by atoms with Crippen LogP contribution in [0.15, 0.2) is 41.3 Å². The molecule has 0 aliphatic carbocycles. The molecule has 0 bridgehead atoms. The summed E-state index contributed by atoms with van der Waals surface area (Å²) in [6.07, 6.45) is 1.41. The molecule has 0 spiro atoms. The summed E-state index contributed by atoms with van der Waals surface area (Å²) >= 11 is 5.63. The summed E-state index contributed by atoms with van der Waals surface area (Å²) < 4.78 is 14.7. The normalized spacial score (nSPS) is 10.4. The molecule has 1 heterocycles. The van der Waals surface area contributed by atoms with Crippen LogP contribution in [0, 0.1) is 5.82 Å². The van der Waals surface area contributed by atoms with E-state index in [1.165, 1.54) is 30.5 Å². The Labute approximate surface area is 112 Å². The van der Waals surface area contributed by atoms with Crippen molar-refractivity contribution in [1.29, 1.82) is 0 Å². The summed E-state index contributed by atoms with van der Waals surface area (Å²) in [5.41, 5.74) is -0.768. The summed E-state index contributed by atoms with van der Waals surface area (Å²) in [6.45, 7) is -0.0526. The predicted molar refractivity (Wildman–Crippen MR) is 68.2 cm³/mol. The molecule has 0 atom stereocenters. The van der Waals surface area contributed by atoms with Gasteiger partial charge in [-0.05, 0) is 24.3 Å². The van der Waals surface area contributed by atoms with Crippen molar-refractivity contribution in [3.05, 3.63) is 68.8 Å². The lowest BCUT2D eigenvalue weighted by atomic mass is 10.2. The molecule has 0 amide bonds. The SMILES string of the molecule is O=C(O)c1cccn(Cc2ccc(Cl)cc2F)c1=O. The summed E-state index contributed by atoms with van der Waals surface area (Å²) in [5, 5.41) is 9.10. The Hall–Kier alpha value is -2.14. The first-order valence-electron chi connectivity index (χ1n) is 5.35. The first kappa shape index (κ1) is 13.3. The smallest absolute Gasteiger partial charge is 0.341 e. The molecule has 0 saturated carbocycles. The van der Waals surface area contributed by atoms with Crippen LogP contribution in [0.4, 0.5) is 4.39 Å². The average molecular weight is 282 g/mol. The van der Waals surface area contributed by atoms with E-state index in [1.54, 1.807) is 0 Å². The van der Waals surface area contributed by atoms with Crippen molar-refractivity contribution >= 4 is 17.6 Å². The second-order valence-corrected chi connectivity index (χ2v) is 4.33. The van der Waals surface area contributed by atoms with Gasteiger partial charge in [-0.2, -0.15) is 0 Å². The quantitative estimate of drug-likeness (QED) is 0.940. The van der Waals surface area contributed by atoms with Gasteiger partial charge in [-0.15, -0.1) is 0 Å². The number of benzene rings is 1. The molecule has 4 nitrogen and oxygen atoms in total. The highest BCUT2D eigenvalue weighted by molar-refractivity contribution is 6.30. The Morgan fingerprint density at radius 1 is 1.37 bits per heavy atom. The van der Waals surface area contributed by atoms with Crippen LogP contribution in [0.25, 0.3) is 0 Å². The Bertz CT molecular complexity index is 697. The summed E-state index contributed by atoms with van der Waals surface area (Å²) in [5.74, 6) is -1.85. The molecule has 0 aliphatic heterocycles. The van der Waals surface area contributed by atoms with Crippen molar-refractivity contribution < 1.29 is 14.3 Å². The van der Waals surface area contributed by atoms with Gasteiger partial charge in [0, 0.05) is 16.8 Å². The van der Waals surface area contributed by atoms with E-state index in [1.807, 2.05) is 0 Å². The van der Waals surface area contributed by atoms with Gasteiger partial charge in [0.05, 0.1) is 6.54 Å². The van der Waals surface area contributed by atoms with E-state index < -0.39 is 17.3 Å². The number of hydrogen-bond acceptors (Lipinski definition) is 2. The molecule has 2 rings (SSSR count). The van der Waals surface area contributed by atoms with E-state index in [4.69, 9.17) is 16.7 Å². The highest BCUT2D eigenvalue weighted by Gasteiger charge is 2.11. The average Bonchev–Trinajstić information content (AvgIpc) is 2.34. The second kappa shape index (κ2) is 5.24. The zero-order chi connectivity index (χ0) is 14.0. The Morgan fingerprint density at radius 2 is 2.11 bits per heavy atom. The van der Waals surface area contributed by atoms with Crippen LogP contribution < -0.4 is 5.56 Å². The van der Waals surface area contributed by atoms with Crippen molar-refractivity contribution in [3.63, 3.8) is 0 Å². The molecule has 0 radical (unpaired) electrons. The fourth-order valence-electron chi connectivity index (χ4n) is 1.66. The Morgan fingerprint density at radius 3 is 2.74 bits per heavy atom. The number of aromatic carboxylic acids is 1. The Kier molecular flexibility index (Phi) is 3.66. The largest absolute Gasteiger partial charge is 0.477 e. The lowest BCUT2D eigenvalue weighted by molar-refractivity contribution is 0.0694. The van der Waals surface area contributed by atoms with E-state index in [2.05, 4.69) is 0 Å². The maximum Gasteiger partial charge on any atom is 0.341 e. The lowest BCUT2D eigenvalue weighted by Gasteiger charge is -2.07. The number of nitrogens with zero attached hydrogens (tertiary/aromatic N) is 1. The minimum atomic E-state index is -1.31. The lowest BCUT2D eigenvalue weighted by Crippen LogP contribution is -2.26. The molecular weight excluding hydrogens is 273 g/mol. The standard InChI is InChI=1S/C13H9ClFNO3/c14-9-4-3-8(11(15)6-9)7-16-5-1-2-10(12(16)17)13(18)19/h1-6H,7H2,(H,18,19). The molecule has 98 valence electrons. The number of hydrogen-bond donors (Lipinski definition) is 1. The van der Waals surface area contributed by atoms with Crippen LogP contribution in [-0.2, 0) is 6.54 Å². The summed E-state index contributed by atoms with van der Waals surface area (Å²) in [4.78, 5) is 22.7. The number of carboxylic acid groups (broad SMARTS) is 1. The van der Waals surface area contributed by atoms with Crippen LogP contribution in [0.1, 0.15) is 15.9 Å². The number of aromatic nitrogens is 1. The molecular formula is C13H9ClFNO3. The third-order valence-corrected chi connectivity index (χ3v) is 2.84. The molecule has 2 aromatic rings. The molecule has 0 saturated heterocycles. The highest BCUT2D eigenvalue weighted by atomic mass is 35.5. The van der Waals surface area contributed by atoms with Gasteiger partial charge in [-0.25, -0.2) is 9.18 Å². The maximum atomic E-state index is 13.6. The molecule has 19 heavy (non-hydrogen) atoms. The minimum absolute atomic E-state index is 0.0526. The van der Waals surface area contributed by atoms with Crippen molar-refractivity contribution in [2.45, 2.75) is 6.54 Å². The Balaban J connectivity index is 2.42. The molecule has 1 N–H and O–H groups in total. The van der Waals surface area contributed by atoms with Crippen LogP contribution in [-0.4, -0.2) is 15.6 Å². The first-order chi connectivity index (χ1) is 8.99. The summed E-state index contributed by atoms with van der Waals surface area (Å²) in [6, 6.07) is 6.74. The minimum Gasteiger partial charge on any atom is -0.477 e. The predicted octanol–water partition coefficient (Wildman–Crippen LogP) is 2.39. The van der Waals surface area contributed by atoms with E-state index in [0.717, 1.165) is 10.6 Å². The fourth-order valence-corrected chi connectivity index (χ4v) is 1.82. The van der Waals surface area contributed by atoms with Crippen molar-refractivity contribution in [2.75, 3.05) is 0 Å². The monoisotopic (exact) mass is 281 g/mol. The van der Waals surface area contributed by atoms with Gasteiger partial charge in [-0.3, -0.25) is 4.79 Å². The van der Waals surface area contributed by atoms with E-state index in [9.17, 15) is 14.0 Å². The molecule has 0 unspecified atom stereocenters. The zero-order valence-corrected chi connectivity index (χ0v) is 10.4. The van der Waals surface area contributed by atoms with E-state index in [-0.39, 0.29) is 22.7 Å². The van der Waals surface area contributed by atoms with Gasteiger partial charge in [0.15, 0.2) is 0 Å². The van der Waals surface area contributed by atoms with Gasteiger partial charge >= 0.3 is 5.97 Å². The topological polar surface area (TPSA) is 59.3 Å². The number of carboxylic acids is 1. The van der Waals surface area contributed by atoms with Gasteiger partial charge in [-0.1, -0.05) is 17.7 Å². The summed E-state index contributed by atoms with van der Waals surface area (Å²) in [7, 11) is 0. The van der Waals surface area contributed by atoms with Crippen molar-refractivity contribution in [1.82, 2.24) is 4.57 Å². The number of carbonyl (C=O) groups is 1. The fraction of sp³-hybridized carbons (Fsp3) is 0.0769. The molecule has 1 aromatic carbocycles. The van der Waals surface area contributed by atoms with Gasteiger partial charge < -0.3 is 9.67 Å². The van der Waals surface area contributed by atoms with Gasteiger partial charge in [0.1, 0.15) is 11.4 Å². The van der Waals surface area contributed by atoms with Gasteiger partial charge in [0.2, 0.25) is 0 Å². The molecule has 0 fully saturated rings. The van der Waals surface area contributed by atoms with E-state index >= 15 is 0 Å². The molecule has 1 aromatic heterocycles. The zero-order valence-electron chi connectivity index (χ0n) is 9.64. The van der Waals surface area contributed by atoms with Crippen LogP contribution >= 0.6 is 11.6 Å². The maximum absolute atomic E-state index is 13.6. The first-order valence-corrected chi connectivity index (χ1v) is 5.73. The number of halogens is 2. The molecule has 6 heteroatoms. The number of pyridine rings is 1. The van der Waals surface area contributed by atoms with Crippen LogP contribution in [0.5, 0.6) is 0 Å². The molecule has 0 aliphatic rings. The van der Waals surface area contributed by atoms with Crippen molar-refractivity contribution in [2.24, 2.45) is 0 Å². The third-order valence-electron chi connectivity index (χ3n) is 2.61. The van der Waals surface area contributed by atoms with Gasteiger partial charge in [0.25, 0.3) is 5.56 Å².